The Morgan fingerprint density at radius 2 is 1.64 bits per heavy atom. The summed E-state index contributed by atoms with van der Waals surface area (Å²) in [5.74, 6) is 1.96. The quantitative estimate of drug-likeness (QED) is 0.396. The van der Waals surface area contributed by atoms with Gasteiger partial charge in [-0.25, -0.2) is 0 Å². The molecular weight excluding hydrogens is 454 g/mol. The van der Waals surface area contributed by atoms with Crippen molar-refractivity contribution in [1.82, 2.24) is 9.80 Å². The molecule has 0 bridgehead atoms. The van der Waals surface area contributed by atoms with Crippen molar-refractivity contribution in [3.8, 4) is 11.5 Å². The topological polar surface area (TPSA) is 67.2 Å². The molecule has 0 aliphatic carbocycles. The van der Waals surface area contributed by atoms with Crippen molar-refractivity contribution >= 4 is 22.6 Å². The van der Waals surface area contributed by atoms with Gasteiger partial charge >= 0.3 is 0 Å². The number of carbonyl (C=O) groups excluding carboxylic acids is 1. The molecule has 0 spiro atoms. The fraction of sp³-hybridized carbons (Fsp3) is 0.276. The molecule has 0 saturated carbocycles. The van der Waals surface area contributed by atoms with E-state index < -0.39 is 0 Å². The van der Waals surface area contributed by atoms with Crippen molar-refractivity contribution in [1.29, 1.82) is 0 Å². The first-order valence-electron chi connectivity index (χ1n) is 12.1. The summed E-state index contributed by atoms with van der Waals surface area (Å²) in [5.41, 5.74) is 2.91. The summed E-state index contributed by atoms with van der Waals surface area (Å²) in [6.45, 7) is 3.53. The second kappa shape index (κ2) is 10.4. The first kappa shape index (κ1) is 23.9. The number of hydrogen-bond acceptors (Lipinski definition) is 6. The summed E-state index contributed by atoms with van der Waals surface area (Å²) < 4.78 is 17.9. The Hall–Kier alpha value is -3.81. The average Bonchev–Trinajstić information content (AvgIpc) is 3.28. The Bertz CT molecular complexity index is 1340. The minimum absolute atomic E-state index is 0.182. The molecule has 5 rings (SSSR count). The lowest BCUT2D eigenvalue weighted by Crippen LogP contribution is -2.46. The number of anilines is 1. The summed E-state index contributed by atoms with van der Waals surface area (Å²) >= 11 is 0. The predicted octanol–water partition coefficient (Wildman–Crippen LogP) is 5.04. The molecule has 2 heterocycles. The SMILES string of the molecule is COc1ccc(OC)c([C@H](c2oc3ccccc3c2NC(=O)c2ccccc2)N2CCN(C)CC2)c1. The van der Waals surface area contributed by atoms with E-state index in [1.165, 1.54) is 0 Å². The highest BCUT2D eigenvalue weighted by Crippen LogP contribution is 2.44. The van der Waals surface area contributed by atoms with Crippen molar-refractivity contribution in [3.05, 3.63) is 89.7 Å². The molecular formula is C29H31N3O4. The Kier molecular flexibility index (Phi) is 6.93. The summed E-state index contributed by atoms with van der Waals surface area (Å²) in [6.07, 6.45) is 0. The second-order valence-corrected chi connectivity index (χ2v) is 9.01. The molecule has 1 N–H and O–H groups in total. The van der Waals surface area contributed by atoms with Crippen LogP contribution in [0, 0.1) is 0 Å². The largest absolute Gasteiger partial charge is 0.497 e. The molecule has 7 nitrogen and oxygen atoms in total. The molecule has 3 aromatic carbocycles. The van der Waals surface area contributed by atoms with E-state index in [1.54, 1.807) is 26.4 Å². The van der Waals surface area contributed by atoms with Crippen LogP contribution < -0.4 is 14.8 Å². The monoisotopic (exact) mass is 485 g/mol. The van der Waals surface area contributed by atoms with Crippen LogP contribution in [0.25, 0.3) is 11.0 Å². The maximum Gasteiger partial charge on any atom is 0.255 e. The molecule has 1 aliphatic rings. The van der Waals surface area contributed by atoms with Gasteiger partial charge in [0.1, 0.15) is 17.1 Å². The number of methoxy groups -OCH3 is 2. The van der Waals surface area contributed by atoms with Crippen LogP contribution in [-0.4, -0.2) is 63.2 Å². The highest BCUT2D eigenvalue weighted by Gasteiger charge is 2.34. The molecule has 0 radical (unpaired) electrons. The molecule has 1 saturated heterocycles. The molecule has 186 valence electrons. The molecule has 1 aliphatic heterocycles. The van der Waals surface area contributed by atoms with Gasteiger partial charge in [0, 0.05) is 42.7 Å². The maximum absolute atomic E-state index is 13.3. The van der Waals surface area contributed by atoms with Crippen molar-refractivity contribution in [2.24, 2.45) is 0 Å². The van der Waals surface area contributed by atoms with Crippen LogP contribution in [0.15, 0.2) is 77.2 Å². The fourth-order valence-corrected chi connectivity index (χ4v) is 4.80. The number of hydrogen-bond donors (Lipinski definition) is 1. The van der Waals surface area contributed by atoms with Crippen LogP contribution in [0.4, 0.5) is 5.69 Å². The second-order valence-electron chi connectivity index (χ2n) is 9.01. The zero-order chi connectivity index (χ0) is 25.1. The van der Waals surface area contributed by atoms with Crippen LogP contribution >= 0.6 is 0 Å². The Labute approximate surface area is 211 Å². The molecule has 1 amide bonds. The first-order chi connectivity index (χ1) is 17.6. The van der Waals surface area contributed by atoms with Gasteiger partial charge in [-0.2, -0.15) is 0 Å². The zero-order valence-electron chi connectivity index (χ0n) is 20.9. The number of amides is 1. The molecule has 0 unspecified atom stereocenters. The zero-order valence-corrected chi connectivity index (χ0v) is 20.9. The van der Waals surface area contributed by atoms with Crippen LogP contribution in [0.1, 0.15) is 27.7 Å². The normalized spacial score (nSPS) is 15.5. The lowest BCUT2D eigenvalue weighted by Gasteiger charge is -2.38. The number of nitrogens with zero attached hydrogens (tertiary/aromatic N) is 2. The number of rotatable bonds is 7. The van der Waals surface area contributed by atoms with E-state index in [-0.39, 0.29) is 11.9 Å². The van der Waals surface area contributed by atoms with Crippen molar-refractivity contribution in [3.63, 3.8) is 0 Å². The van der Waals surface area contributed by atoms with E-state index in [1.807, 2.05) is 60.7 Å². The van der Waals surface area contributed by atoms with Gasteiger partial charge in [0.2, 0.25) is 0 Å². The molecule has 4 aromatic rings. The van der Waals surface area contributed by atoms with Crippen LogP contribution in [-0.2, 0) is 0 Å². The number of piperazine rings is 1. The Morgan fingerprint density at radius 1 is 0.917 bits per heavy atom. The Balaban J connectivity index is 1.68. The number of ether oxygens (including phenoxy) is 2. The van der Waals surface area contributed by atoms with Gasteiger partial charge in [-0.1, -0.05) is 30.3 Å². The number of fused-ring (bicyclic) bond motifs is 1. The summed E-state index contributed by atoms with van der Waals surface area (Å²) in [7, 11) is 5.46. The highest BCUT2D eigenvalue weighted by molar-refractivity contribution is 6.09. The van der Waals surface area contributed by atoms with Gasteiger partial charge in [-0.3, -0.25) is 9.69 Å². The maximum atomic E-state index is 13.3. The van der Waals surface area contributed by atoms with Gasteiger partial charge in [-0.15, -0.1) is 0 Å². The number of para-hydroxylation sites is 1. The first-order valence-corrected chi connectivity index (χ1v) is 12.1. The van der Waals surface area contributed by atoms with Gasteiger partial charge in [-0.05, 0) is 49.5 Å². The van der Waals surface area contributed by atoms with E-state index in [4.69, 9.17) is 13.9 Å². The molecule has 7 heteroatoms. The fourth-order valence-electron chi connectivity index (χ4n) is 4.80. The smallest absolute Gasteiger partial charge is 0.255 e. The number of carbonyl (C=O) groups is 1. The molecule has 1 atom stereocenters. The van der Waals surface area contributed by atoms with Gasteiger partial charge in [0.05, 0.1) is 25.9 Å². The summed E-state index contributed by atoms with van der Waals surface area (Å²) in [6, 6.07) is 22.5. The minimum atomic E-state index is -0.290. The lowest BCUT2D eigenvalue weighted by molar-refractivity contribution is 0.102. The van der Waals surface area contributed by atoms with E-state index in [0.717, 1.165) is 54.2 Å². The standard InChI is InChI=1S/C29H31N3O4/c1-31-15-17-32(18-16-31)27(23-19-21(34-2)13-14-24(23)35-3)28-26(22-11-7-8-12-25(22)36-28)30-29(33)20-9-5-4-6-10-20/h4-14,19,27H,15-18H2,1-3H3,(H,30,33)/t27-/m1/s1. The van der Waals surface area contributed by atoms with Gasteiger partial charge in [0.25, 0.3) is 5.91 Å². The van der Waals surface area contributed by atoms with Gasteiger partial charge < -0.3 is 24.1 Å². The Morgan fingerprint density at radius 3 is 2.36 bits per heavy atom. The van der Waals surface area contributed by atoms with E-state index in [2.05, 4.69) is 22.2 Å². The van der Waals surface area contributed by atoms with Crippen molar-refractivity contribution < 1.29 is 18.7 Å². The summed E-state index contributed by atoms with van der Waals surface area (Å²) in [4.78, 5) is 18.0. The van der Waals surface area contributed by atoms with Crippen LogP contribution in [0.3, 0.4) is 0 Å². The number of nitrogens with one attached hydrogen (secondary N) is 1. The summed E-state index contributed by atoms with van der Waals surface area (Å²) in [5, 5.41) is 4.03. The minimum Gasteiger partial charge on any atom is -0.497 e. The van der Waals surface area contributed by atoms with Crippen LogP contribution in [0.5, 0.6) is 11.5 Å². The third-order valence-electron chi connectivity index (χ3n) is 6.78. The molecule has 1 aromatic heterocycles. The van der Waals surface area contributed by atoms with Crippen molar-refractivity contribution in [2.45, 2.75) is 6.04 Å². The molecule has 1 fully saturated rings. The van der Waals surface area contributed by atoms with Crippen LogP contribution in [0.2, 0.25) is 0 Å². The predicted molar refractivity (Wildman–Crippen MR) is 141 cm³/mol. The van der Waals surface area contributed by atoms with Gasteiger partial charge in [0.15, 0.2) is 5.76 Å². The van der Waals surface area contributed by atoms with E-state index >= 15 is 0 Å². The average molecular weight is 486 g/mol. The van der Waals surface area contributed by atoms with E-state index in [9.17, 15) is 4.79 Å². The lowest BCUT2D eigenvalue weighted by atomic mass is 9.98. The van der Waals surface area contributed by atoms with E-state index in [0.29, 0.717) is 17.0 Å². The third-order valence-corrected chi connectivity index (χ3v) is 6.78. The number of likely N-dealkylation sites (N-methyl/N-ethyl adjacent to an activating group) is 1. The number of benzene rings is 3. The van der Waals surface area contributed by atoms with Crippen molar-refractivity contribution in [2.75, 3.05) is 52.8 Å². The number of furan rings is 1. The third kappa shape index (κ3) is 4.67. The highest BCUT2D eigenvalue weighted by atomic mass is 16.5. The molecule has 36 heavy (non-hydrogen) atoms.